The molecule has 106 valence electrons. The van der Waals surface area contributed by atoms with Crippen LogP contribution in [0.4, 0.5) is 0 Å². The lowest BCUT2D eigenvalue weighted by Gasteiger charge is -2.29. The zero-order valence-corrected chi connectivity index (χ0v) is 13.1. The summed E-state index contributed by atoms with van der Waals surface area (Å²) < 4.78 is 6.01. The van der Waals surface area contributed by atoms with Crippen LogP contribution in [0.3, 0.4) is 0 Å². The van der Waals surface area contributed by atoms with Crippen LogP contribution in [0, 0.1) is 5.92 Å². The van der Waals surface area contributed by atoms with Gasteiger partial charge in [0.2, 0.25) is 0 Å². The van der Waals surface area contributed by atoms with Gasteiger partial charge in [0.05, 0.1) is 0 Å². The molecule has 2 aromatic rings. The van der Waals surface area contributed by atoms with E-state index < -0.39 is 0 Å². The summed E-state index contributed by atoms with van der Waals surface area (Å²) in [6, 6.07) is 8.09. The Hall–Kier alpha value is -1.20. The van der Waals surface area contributed by atoms with Crippen molar-refractivity contribution in [3.8, 4) is 11.3 Å². The lowest BCUT2D eigenvalue weighted by Crippen LogP contribution is -2.32. The first-order valence-corrected chi connectivity index (χ1v) is 7.81. The molecule has 5 heteroatoms. The van der Waals surface area contributed by atoms with Crippen LogP contribution in [0.15, 0.2) is 33.4 Å². The second-order valence-corrected chi connectivity index (χ2v) is 6.44. The van der Waals surface area contributed by atoms with E-state index in [1.54, 1.807) is 0 Å². The third-order valence-corrected chi connectivity index (χ3v) is 4.45. The zero-order valence-electron chi connectivity index (χ0n) is 11.6. The molecule has 1 aliphatic heterocycles. The Morgan fingerprint density at radius 2 is 1.90 bits per heavy atom. The molecule has 1 aromatic carbocycles. The Labute approximate surface area is 127 Å². The van der Waals surface area contributed by atoms with Gasteiger partial charge in [0.1, 0.15) is 11.4 Å². The Kier molecular flexibility index (Phi) is 4.17. The molecule has 20 heavy (non-hydrogen) atoms. The Bertz CT molecular complexity index is 559. The number of aromatic nitrogens is 2. The largest absolute Gasteiger partial charge is 0.297 e. The van der Waals surface area contributed by atoms with Crippen molar-refractivity contribution in [3.05, 3.63) is 34.4 Å². The molecule has 0 amide bonds. The monoisotopic (exact) mass is 335 g/mol. The van der Waals surface area contributed by atoms with E-state index in [2.05, 4.69) is 38.1 Å². The molecule has 0 atom stereocenters. The number of hydrogen-bond donors (Lipinski definition) is 0. The second-order valence-electron chi connectivity index (χ2n) is 5.53. The summed E-state index contributed by atoms with van der Waals surface area (Å²) in [5.41, 5.74) is 2.84. The molecule has 2 heterocycles. The molecule has 0 saturated carbocycles. The number of halogens is 1. The Morgan fingerprint density at radius 1 is 1.20 bits per heavy atom. The fourth-order valence-corrected chi connectivity index (χ4v) is 2.83. The van der Waals surface area contributed by atoms with E-state index in [0.717, 1.165) is 47.0 Å². The highest BCUT2D eigenvalue weighted by molar-refractivity contribution is 9.10. The van der Waals surface area contributed by atoms with Crippen LogP contribution in [0.5, 0.6) is 0 Å². The molecule has 0 bridgehead atoms. The number of hydrogen-bond acceptors (Lipinski definition) is 4. The number of likely N-dealkylation sites (tertiary alicyclic amines) is 1. The molecule has 0 spiro atoms. The maximum absolute atomic E-state index is 4.95. The van der Waals surface area contributed by atoms with Gasteiger partial charge in [0, 0.05) is 16.6 Å². The molecule has 1 fully saturated rings. The molecule has 0 unspecified atom stereocenters. The summed E-state index contributed by atoms with van der Waals surface area (Å²) in [7, 11) is 0. The van der Waals surface area contributed by atoms with E-state index in [1.165, 1.54) is 12.8 Å². The van der Waals surface area contributed by atoms with Crippen molar-refractivity contribution in [2.45, 2.75) is 26.3 Å². The number of nitrogens with zero attached hydrogens (tertiary/aromatic N) is 3. The van der Waals surface area contributed by atoms with Crippen LogP contribution in [0.2, 0.25) is 0 Å². The SMILES string of the molecule is CC1CCN(Cc2nonc2-c2ccc(Br)cc2)CC1. The highest BCUT2D eigenvalue weighted by Crippen LogP contribution is 2.25. The Morgan fingerprint density at radius 3 is 2.60 bits per heavy atom. The fraction of sp³-hybridized carbons (Fsp3) is 0.467. The summed E-state index contributed by atoms with van der Waals surface area (Å²) in [4.78, 5) is 2.43. The average molecular weight is 336 g/mol. The van der Waals surface area contributed by atoms with Gasteiger partial charge in [0.25, 0.3) is 0 Å². The molecule has 0 N–H and O–H groups in total. The fourth-order valence-electron chi connectivity index (χ4n) is 2.57. The van der Waals surface area contributed by atoms with E-state index >= 15 is 0 Å². The van der Waals surface area contributed by atoms with Gasteiger partial charge in [-0.2, -0.15) is 0 Å². The van der Waals surface area contributed by atoms with Gasteiger partial charge in [-0.15, -0.1) is 0 Å². The van der Waals surface area contributed by atoms with Crippen LogP contribution in [-0.2, 0) is 6.54 Å². The van der Waals surface area contributed by atoms with Crippen LogP contribution < -0.4 is 0 Å². The topological polar surface area (TPSA) is 42.2 Å². The second kappa shape index (κ2) is 6.06. The molecular formula is C15H18BrN3O. The molecule has 1 aliphatic rings. The van der Waals surface area contributed by atoms with Gasteiger partial charge >= 0.3 is 0 Å². The lowest BCUT2D eigenvalue weighted by atomic mass is 9.99. The normalized spacial score (nSPS) is 17.5. The minimum atomic E-state index is 0.821. The smallest absolute Gasteiger partial charge is 0.139 e. The van der Waals surface area contributed by atoms with Crippen molar-refractivity contribution >= 4 is 15.9 Å². The first-order chi connectivity index (χ1) is 9.72. The van der Waals surface area contributed by atoms with Crippen molar-refractivity contribution in [3.63, 3.8) is 0 Å². The summed E-state index contributed by atoms with van der Waals surface area (Å²) in [5.74, 6) is 0.840. The van der Waals surface area contributed by atoms with Gasteiger partial charge < -0.3 is 0 Å². The van der Waals surface area contributed by atoms with Crippen molar-refractivity contribution in [2.24, 2.45) is 5.92 Å². The first-order valence-electron chi connectivity index (χ1n) is 7.02. The third-order valence-electron chi connectivity index (χ3n) is 3.92. The number of benzene rings is 1. The quantitative estimate of drug-likeness (QED) is 0.856. The predicted octanol–water partition coefficient (Wildman–Crippen LogP) is 3.73. The van der Waals surface area contributed by atoms with Gasteiger partial charge in [-0.25, -0.2) is 4.63 Å². The average Bonchev–Trinajstić information content (AvgIpc) is 2.90. The minimum Gasteiger partial charge on any atom is -0.297 e. The van der Waals surface area contributed by atoms with Gasteiger partial charge in [-0.3, -0.25) is 4.90 Å². The molecule has 0 radical (unpaired) electrons. The van der Waals surface area contributed by atoms with Crippen LogP contribution >= 0.6 is 15.9 Å². The van der Waals surface area contributed by atoms with E-state index in [0.29, 0.717) is 0 Å². The van der Waals surface area contributed by atoms with E-state index in [9.17, 15) is 0 Å². The predicted molar refractivity (Wildman–Crippen MR) is 81.1 cm³/mol. The van der Waals surface area contributed by atoms with Crippen molar-refractivity contribution in [2.75, 3.05) is 13.1 Å². The van der Waals surface area contributed by atoms with Gasteiger partial charge in [-0.1, -0.05) is 40.1 Å². The first kappa shape index (κ1) is 13.8. The summed E-state index contributed by atoms with van der Waals surface area (Å²) >= 11 is 3.44. The maximum atomic E-state index is 4.95. The minimum absolute atomic E-state index is 0.821. The summed E-state index contributed by atoms with van der Waals surface area (Å²) in [6.07, 6.45) is 2.53. The van der Waals surface area contributed by atoms with E-state index in [-0.39, 0.29) is 0 Å². The molecular weight excluding hydrogens is 318 g/mol. The molecule has 3 rings (SSSR count). The summed E-state index contributed by atoms with van der Waals surface area (Å²) in [5, 5.41) is 8.16. The van der Waals surface area contributed by atoms with Gasteiger partial charge in [-0.05, 0) is 49.1 Å². The number of rotatable bonds is 3. The molecule has 4 nitrogen and oxygen atoms in total. The highest BCUT2D eigenvalue weighted by atomic mass is 79.9. The van der Waals surface area contributed by atoms with Crippen molar-refractivity contribution < 1.29 is 4.63 Å². The van der Waals surface area contributed by atoms with Crippen LogP contribution in [0.1, 0.15) is 25.5 Å². The molecule has 0 aliphatic carbocycles. The van der Waals surface area contributed by atoms with Gasteiger partial charge in [0.15, 0.2) is 0 Å². The van der Waals surface area contributed by atoms with Crippen LogP contribution in [0.25, 0.3) is 11.3 Å². The van der Waals surface area contributed by atoms with Crippen LogP contribution in [-0.4, -0.2) is 28.3 Å². The van der Waals surface area contributed by atoms with Crippen molar-refractivity contribution in [1.29, 1.82) is 0 Å². The van der Waals surface area contributed by atoms with Crippen molar-refractivity contribution in [1.82, 2.24) is 15.2 Å². The third kappa shape index (κ3) is 3.10. The molecule has 1 aromatic heterocycles. The standard InChI is InChI=1S/C15H18BrN3O/c1-11-6-8-19(9-7-11)10-14-15(18-20-17-14)12-2-4-13(16)5-3-12/h2-5,11H,6-10H2,1H3. The zero-order chi connectivity index (χ0) is 13.9. The van der Waals surface area contributed by atoms with E-state index in [1.807, 2.05) is 24.3 Å². The maximum Gasteiger partial charge on any atom is 0.139 e. The highest BCUT2D eigenvalue weighted by Gasteiger charge is 2.20. The lowest BCUT2D eigenvalue weighted by molar-refractivity contribution is 0.180. The molecule has 1 saturated heterocycles. The Balaban J connectivity index is 1.75. The summed E-state index contributed by atoms with van der Waals surface area (Å²) in [6.45, 7) is 5.41. The number of piperidine rings is 1. The van der Waals surface area contributed by atoms with E-state index in [4.69, 9.17) is 4.63 Å².